The van der Waals surface area contributed by atoms with Gasteiger partial charge in [-0.15, -0.1) is 0 Å². The van der Waals surface area contributed by atoms with Crippen LogP contribution in [0.1, 0.15) is 15.9 Å². The summed E-state index contributed by atoms with van der Waals surface area (Å²) in [4.78, 5) is 23.6. The first-order chi connectivity index (χ1) is 10.1. The van der Waals surface area contributed by atoms with E-state index in [0.717, 1.165) is 5.56 Å². The number of amides is 1. The Morgan fingerprint density at radius 2 is 2.14 bits per heavy atom. The first kappa shape index (κ1) is 14.5. The lowest BCUT2D eigenvalue weighted by Gasteiger charge is -2.02. The second-order valence-corrected chi connectivity index (χ2v) is 4.31. The average molecular weight is 285 g/mol. The van der Waals surface area contributed by atoms with E-state index in [1.807, 2.05) is 18.2 Å². The van der Waals surface area contributed by atoms with Crippen molar-refractivity contribution >= 4 is 12.1 Å². The molecule has 0 saturated carbocycles. The SMILES string of the molecule is COc1cccc(/C=N\NC(=O)c2cccn(C)c2=O)c1. The molecule has 0 aliphatic heterocycles. The molecule has 108 valence electrons. The van der Waals surface area contributed by atoms with Crippen molar-refractivity contribution < 1.29 is 9.53 Å². The highest BCUT2D eigenvalue weighted by Gasteiger charge is 2.09. The number of hydrogen-bond donors (Lipinski definition) is 1. The summed E-state index contributed by atoms with van der Waals surface area (Å²) in [5.41, 5.74) is 2.78. The molecule has 1 aromatic heterocycles. The van der Waals surface area contributed by atoms with Gasteiger partial charge >= 0.3 is 0 Å². The molecule has 0 atom stereocenters. The molecule has 1 N–H and O–H groups in total. The van der Waals surface area contributed by atoms with Crippen molar-refractivity contribution in [3.63, 3.8) is 0 Å². The molecule has 0 aliphatic carbocycles. The third kappa shape index (κ3) is 3.56. The van der Waals surface area contributed by atoms with Crippen molar-refractivity contribution in [2.75, 3.05) is 7.11 Å². The molecule has 6 heteroatoms. The normalized spacial score (nSPS) is 10.6. The van der Waals surface area contributed by atoms with Crippen molar-refractivity contribution in [2.45, 2.75) is 0 Å². The molecule has 0 unspecified atom stereocenters. The zero-order valence-electron chi connectivity index (χ0n) is 11.7. The minimum absolute atomic E-state index is 0.0443. The largest absolute Gasteiger partial charge is 0.497 e. The molecule has 1 aromatic carbocycles. The number of nitrogens with zero attached hydrogens (tertiary/aromatic N) is 2. The fourth-order valence-electron chi connectivity index (χ4n) is 1.72. The zero-order chi connectivity index (χ0) is 15.2. The lowest BCUT2D eigenvalue weighted by Crippen LogP contribution is -2.29. The Balaban J connectivity index is 2.08. The molecule has 0 aliphatic rings. The number of aromatic nitrogens is 1. The van der Waals surface area contributed by atoms with Gasteiger partial charge in [0, 0.05) is 13.2 Å². The van der Waals surface area contributed by atoms with Gasteiger partial charge in [0.15, 0.2) is 0 Å². The molecular weight excluding hydrogens is 270 g/mol. The van der Waals surface area contributed by atoms with E-state index in [2.05, 4.69) is 10.5 Å². The lowest BCUT2D eigenvalue weighted by atomic mass is 10.2. The molecule has 0 fully saturated rings. The molecule has 2 rings (SSSR count). The van der Waals surface area contributed by atoms with Gasteiger partial charge in [-0.05, 0) is 29.8 Å². The van der Waals surface area contributed by atoms with Crippen molar-refractivity contribution in [3.05, 3.63) is 64.1 Å². The second-order valence-electron chi connectivity index (χ2n) is 4.31. The van der Waals surface area contributed by atoms with E-state index in [9.17, 15) is 9.59 Å². The maximum atomic E-state index is 11.9. The number of benzene rings is 1. The van der Waals surface area contributed by atoms with Crippen LogP contribution in [0.2, 0.25) is 0 Å². The maximum absolute atomic E-state index is 11.9. The van der Waals surface area contributed by atoms with E-state index in [1.165, 1.54) is 16.8 Å². The van der Waals surface area contributed by atoms with Crippen LogP contribution in [-0.2, 0) is 7.05 Å². The van der Waals surface area contributed by atoms with Crippen LogP contribution in [0.15, 0.2) is 52.5 Å². The Morgan fingerprint density at radius 1 is 1.33 bits per heavy atom. The molecule has 6 nitrogen and oxygen atoms in total. The number of carbonyl (C=O) groups excluding carboxylic acids is 1. The molecule has 0 radical (unpaired) electrons. The zero-order valence-corrected chi connectivity index (χ0v) is 11.7. The van der Waals surface area contributed by atoms with Crippen molar-refractivity contribution in [1.82, 2.24) is 9.99 Å². The van der Waals surface area contributed by atoms with Crippen molar-refractivity contribution in [1.29, 1.82) is 0 Å². The minimum Gasteiger partial charge on any atom is -0.497 e. The van der Waals surface area contributed by atoms with E-state index in [4.69, 9.17) is 4.74 Å². The van der Waals surface area contributed by atoms with Crippen LogP contribution < -0.4 is 15.7 Å². The van der Waals surface area contributed by atoms with Gasteiger partial charge in [-0.1, -0.05) is 12.1 Å². The summed E-state index contributed by atoms with van der Waals surface area (Å²) in [6.45, 7) is 0. The number of ether oxygens (including phenoxy) is 1. The van der Waals surface area contributed by atoms with E-state index in [1.54, 1.807) is 32.5 Å². The summed E-state index contributed by atoms with van der Waals surface area (Å²) in [6.07, 6.45) is 3.06. The Morgan fingerprint density at radius 3 is 2.90 bits per heavy atom. The second kappa shape index (κ2) is 6.51. The van der Waals surface area contributed by atoms with E-state index >= 15 is 0 Å². The first-order valence-electron chi connectivity index (χ1n) is 6.25. The van der Waals surface area contributed by atoms with Gasteiger partial charge in [-0.3, -0.25) is 9.59 Å². The van der Waals surface area contributed by atoms with Crippen LogP contribution in [0.5, 0.6) is 5.75 Å². The summed E-state index contributed by atoms with van der Waals surface area (Å²) >= 11 is 0. The number of rotatable bonds is 4. The number of methoxy groups -OCH3 is 1. The summed E-state index contributed by atoms with van der Waals surface area (Å²) in [7, 11) is 3.15. The van der Waals surface area contributed by atoms with Crippen LogP contribution in [0, 0.1) is 0 Å². The highest BCUT2D eigenvalue weighted by Crippen LogP contribution is 2.10. The lowest BCUT2D eigenvalue weighted by molar-refractivity contribution is 0.0953. The molecule has 0 saturated heterocycles. The smallest absolute Gasteiger partial charge is 0.276 e. The summed E-state index contributed by atoms with van der Waals surface area (Å²) in [5.74, 6) is 0.151. The molecule has 0 bridgehead atoms. The highest BCUT2D eigenvalue weighted by atomic mass is 16.5. The van der Waals surface area contributed by atoms with Crippen LogP contribution in [0.25, 0.3) is 0 Å². The Bertz CT molecular complexity index is 735. The highest BCUT2D eigenvalue weighted by molar-refractivity contribution is 5.94. The standard InChI is InChI=1S/C15H15N3O3/c1-18-8-4-7-13(15(18)20)14(19)17-16-10-11-5-3-6-12(9-11)21-2/h3-10H,1-2H3,(H,17,19)/b16-10-. The van der Waals surface area contributed by atoms with Crippen LogP contribution in [0.3, 0.4) is 0 Å². The number of carbonyl (C=O) groups is 1. The summed E-state index contributed by atoms with van der Waals surface area (Å²) < 4.78 is 6.42. The number of aryl methyl sites for hydroxylation is 1. The maximum Gasteiger partial charge on any atom is 0.276 e. The van der Waals surface area contributed by atoms with Gasteiger partial charge in [0.2, 0.25) is 0 Å². The van der Waals surface area contributed by atoms with Gasteiger partial charge in [-0.25, -0.2) is 5.43 Å². The van der Waals surface area contributed by atoms with E-state index in [0.29, 0.717) is 5.75 Å². The van der Waals surface area contributed by atoms with Gasteiger partial charge in [-0.2, -0.15) is 5.10 Å². The first-order valence-corrected chi connectivity index (χ1v) is 6.25. The molecule has 1 amide bonds. The quantitative estimate of drug-likeness (QED) is 0.676. The van der Waals surface area contributed by atoms with Crippen LogP contribution in [-0.4, -0.2) is 23.8 Å². The predicted molar refractivity (Wildman–Crippen MR) is 79.7 cm³/mol. The minimum atomic E-state index is -0.546. The van der Waals surface area contributed by atoms with Crippen LogP contribution in [0.4, 0.5) is 0 Å². The fourth-order valence-corrected chi connectivity index (χ4v) is 1.72. The number of hydrogen-bond acceptors (Lipinski definition) is 4. The third-order valence-corrected chi connectivity index (χ3v) is 2.84. The molecule has 1 heterocycles. The predicted octanol–water partition coefficient (Wildman–Crippen LogP) is 1.16. The van der Waals surface area contributed by atoms with Crippen LogP contribution >= 0.6 is 0 Å². The van der Waals surface area contributed by atoms with Gasteiger partial charge < -0.3 is 9.30 Å². The topological polar surface area (TPSA) is 72.7 Å². The fraction of sp³-hybridized carbons (Fsp3) is 0.133. The van der Waals surface area contributed by atoms with Gasteiger partial charge in [0.25, 0.3) is 11.5 Å². The number of hydrazone groups is 1. The van der Waals surface area contributed by atoms with E-state index < -0.39 is 5.91 Å². The molecular formula is C15H15N3O3. The molecule has 2 aromatic rings. The van der Waals surface area contributed by atoms with E-state index in [-0.39, 0.29) is 11.1 Å². The van der Waals surface area contributed by atoms with Gasteiger partial charge in [0.05, 0.1) is 13.3 Å². The molecule has 0 spiro atoms. The number of pyridine rings is 1. The monoisotopic (exact) mass is 285 g/mol. The van der Waals surface area contributed by atoms with Crippen molar-refractivity contribution in [2.24, 2.45) is 12.1 Å². The number of nitrogens with one attached hydrogen (secondary N) is 1. The van der Waals surface area contributed by atoms with Crippen molar-refractivity contribution in [3.8, 4) is 5.75 Å². The molecule has 21 heavy (non-hydrogen) atoms. The summed E-state index contributed by atoms with van der Waals surface area (Å²) in [6, 6.07) is 10.3. The average Bonchev–Trinajstić information content (AvgIpc) is 2.50. The van der Waals surface area contributed by atoms with Gasteiger partial charge in [0.1, 0.15) is 11.3 Å². The Labute approximate surface area is 121 Å². The summed E-state index contributed by atoms with van der Waals surface area (Å²) in [5, 5.41) is 3.84. The Kier molecular flexibility index (Phi) is 4.50. The third-order valence-electron chi connectivity index (χ3n) is 2.84. The Hall–Kier alpha value is -2.89.